The third kappa shape index (κ3) is 2.44. The van der Waals surface area contributed by atoms with Gasteiger partial charge < -0.3 is 4.98 Å². The van der Waals surface area contributed by atoms with E-state index in [1.54, 1.807) is 6.07 Å². The molecule has 3 aromatic rings. The minimum atomic E-state index is 0.456. The quantitative estimate of drug-likeness (QED) is 0.725. The molecular weight excluding hydrogens is 292 g/mol. The van der Waals surface area contributed by atoms with E-state index in [1.807, 2.05) is 37.3 Å². The molecular formula is C15H11ClN2OS. The van der Waals surface area contributed by atoms with Gasteiger partial charge in [-0.05, 0) is 36.8 Å². The standard InChI is InChI=1S/C15H11ClN2OS/c1-9-5-6-12-13(7-9)18-15(17-12)20-14-4-2-3-11(16)10(14)8-19/h2-8H,1H3,(H,17,18). The van der Waals surface area contributed by atoms with E-state index in [4.69, 9.17) is 11.6 Å². The fourth-order valence-corrected chi connectivity index (χ4v) is 3.18. The summed E-state index contributed by atoms with van der Waals surface area (Å²) in [5, 5.41) is 1.20. The summed E-state index contributed by atoms with van der Waals surface area (Å²) in [5.41, 5.74) is 3.57. The van der Waals surface area contributed by atoms with Crippen molar-refractivity contribution in [1.29, 1.82) is 0 Å². The number of imidazole rings is 1. The van der Waals surface area contributed by atoms with Crippen molar-refractivity contribution in [3.63, 3.8) is 0 Å². The lowest BCUT2D eigenvalue weighted by atomic mass is 10.2. The molecule has 0 saturated heterocycles. The Balaban J connectivity index is 2.01. The largest absolute Gasteiger partial charge is 0.333 e. The molecule has 3 rings (SSSR count). The van der Waals surface area contributed by atoms with Crippen molar-refractivity contribution in [3.05, 3.63) is 52.5 Å². The maximum absolute atomic E-state index is 11.1. The summed E-state index contributed by atoms with van der Waals surface area (Å²) in [6.07, 6.45) is 0.775. The molecule has 100 valence electrons. The number of aromatic amines is 1. The van der Waals surface area contributed by atoms with E-state index in [0.29, 0.717) is 10.6 Å². The second-order valence-corrected chi connectivity index (χ2v) is 5.87. The monoisotopic (exact) mass is 302 g/mol. The summed E-state index contributed by atoms with van der Waals surface area (Å²) in [6.45, 7) is 2.04. The van der Waals surface area contributed by atoms with Crippen LogP contribution in [0.2, 0.25) is 5.02 Å². The van der Waals surface area contributed by atoms with E-state index in [9.17, 15) is 4.79 Å². The number of nitrogens with one attached hydrogen (secondary N) is 1. The van der Waals surface area contributed by atoms with Crippen LogP contribution in [0.4, 0.5) is 0 Å². The highest BCUT2D eigenvalue weighted by Crippen LogP contribution is 2.32. The number of hydrogen-bond donors (Lipinski definition) is 1. The molecule has 1 heterocycles. The molecule has 0 radical (unpaired) electrons. The van der Waals surface area contributed by atoms with E-state index >= 15 is 0 Å². The highest BCUT2D eigenvalue weighted by atomic mass is 35.5. The Labute approximate surface area is 125 Å². The van der Waals surface area contributed by atoms with Gasteiger partial charge >= 0.3 is 0 Å². The van der Waals surface area contributed by atoms with E-state index in [0.717, 1.165) is 27.4 Å². The Hall–Kier alpha value is -1.78. The Kier molecular flexibility index (Phi) is 3.51. The molecule has 0 atom stereocenters. The molecule has 1 aromatic heterocycles. The van der Waals surface area contributed by atoms with Gasteiger partial charge in [0.25, 0.3) is 0 Å². The minimum absolute atomic E-state index is 0.456. The van der Waals surface area contributed by atoms with Crippen LogP contribution in [-0.4, -0.2) is 16.3 Å². The van der Waals surface area contributed by atoms with Crippen LogP contribution < -0.4 is 0 Å². The van der Waals surface area contributed by atoms with Gasteiger partial charge in [-0.3, -0.25) is 4.79 Å². The lowest BCUT2D eigenvalue weighted by molar-refractivity contribution is 0.112. The van der Waals surface area contributed by atoms with Gasteiger partial charge in [0, 0.05) is 10.5 Å². The lowest BCUT2D eigenvalue weighted by Gasteiger charge is -2.03. The molecule has 20 heavy (non-hydrogen) atoms. The van der Waals surface area contributed by atoms with Crippen LogP contribution in [-0.2, 0) is 0 Å². The van der Waals surface area contributed by atoms with Crippen LogP contribution in [0.3, 0.4) is 0 Å². The fourth-order valence-electron chi connectivity index (χ4n) is 1.97. The van der Waals surface area contributed by atoms with Gasteiger partial charge in [0.2, 0.25) is 0 Å². The van der Waals surface area contributed by atoms with E-state index in [1.165, 1.54) is 17.3 Å². The maximum atomic E-state index is 11.1. The van der Waals surface area contributed by atoms with Crippen LogP contribution >= 0.6 is 23.4 Å². The van der Waals surface area contributed by atoms with Gasteiger partial charge in [-0.1, -0.05) is 35.5 Å². The normalized spacial score (nSPS) is 10.9. The number of rotatable bonds is 3. The van der Waals surface area contributed by atoms with Crippen molar-refractivity contribution in [2.75, 3.05) is 0 Å². The number of hydrogen-bond acceptors (Lipinski definition) is 3. The number of nitrogens with zero attached hydrogens (tertiary/aromatic N) is 1. The van der Waals surface area contributed by atoms with Gasteiger partial charge in [0.05, 0.1) is 16.1 Å². The van der Waals surface area contributed by atoms with Gasteiger partial charge in [-0.25, -0.2) is 4.98 Å². The zero-order valence-electron chi connectivity index (χ0n) is 10.7. The summed E-state index contributed by atoms with van der Waals surface area (Å²) < 4.78 is 0. The molecule has 1 N–H and O–H groups in total. The molecule has 0 fully saturated rings. The Morgan fingerprint density at radius 3 is 2.95 bits per heavy atom. The number of benzene rings is 2. The molecule has 3 nitrogen and oxygen atoms in total. The van der Waals surface area contributed by atoms with Crippen molar-refractivity contribution in [2.24, 2.45) is 0 Å². The van der Waals surface area contributed by atoms with Crippen molar-refractivity contribution >= 4 is 40.7 Å². The Morgan fingerprint density at radius 1 is 1.30 bits per heavy atom. The number of carbonyl (C=O) groups is 1. The molecule has 0 aliphatic carbocycles. The fraction of sp³-hybridized carbons (Fsp3) is 0.0667. The summed E-state index contributed by atoms with van der Waals surface area (Å²) >= 11 is 7.42. The van der Waals surface area contributed by atoms with Crippen LogP contribution in [0.1, 0.15) is 15.9 Å². The van der Waals surface area contributed by atoms with E-state index in [-0.39, 0.29) is 0 Å². The first-order chi connectivity index (χ1) is 9.67. The average molecular weight is 303 g/mol. The summed E-state index contributed by atoms with van der Waals surface area (Å²) in [6, 6.07) is 11.4. The Morgan fingerprint density at radius 2 is 2.15 bits per heavy atom. The highest BCUT2D eigenvalue weighted by molar-refractivity contribution is 7.99. The van der Waals surface area contributed by atoms with Crippen LogP contribution in [0.5, 0.6) is 0 Å². The number of carbonyl (C=O) groups excluding carboxylic acids is 1. The molecule has 0 amide bonds. The summed E-state index contributed by atoms with van der Waals surface area (Å²) in [4.78, 5) is 19.7. The van der Waals surface area contributed by atoms with Crippen molar-refractivity contribution in [1.82, 2.24) is 9.97 Å². The van der Waals surface area contributed by atoms with Crippen LogP contribution in [0, 0.1) is 6.92 Å². The smallest absolute Gasteiger partial charge is 0.171 e. The maximum Gasteiger partial charge on any atom is 0.171 e. The third-order valence-electron chi connectivity index (χ3n) is 2.95. The summed E-state index contributed by atoms with van der Waals surface area (Å²) in [7, 11) is 0. The number of aromatic nitrogens is 2. The number of fused-ring (bicyclic) bond motifs is 1. The first kappa shape index (κ1) is 13.2. The zero-order valence-corrected chi connectivity index (χ0v) is 12.3. The predicted octanol–water partition coefficient (Wildman–Crippen LogP) is 4.49. The molecule has 0 aliphatic rings. The minimum Gasteiger partial charge on any atom is -0.333 e. The molecule has 0 unspecified atom stereocenters. The Bertz CT molecular complexity index is 798. The summed E-state index contributed by atoms with van der Waals surface area (Å²) in [5.74, 6) is 0. The van der Waals surface area contributed by atoms with Crippen molar-refractivity contribution in [3.8, 4) is 0 Å². The SMILES string of the molecule is Cc1ccc2nc(Sc3cccc(Cl)c3C=O)[nH]c2c1. The second-order valence-electron chi connectivity index (χ2n) is 4.43. The molecule has 0 bridgehead atoms. The lowest BCUT2D eigenvalue weighted by Crippen LogP contribution is -1.87. The van der Waals surface area contributed by atoms with Gasteiger partial charge in [0.1, 0.15) is 0 Å². The molecule has 0 spiro atoms. The third-order valence-corrected chi connectivity index (χ3v) is 4.25. The zero-order chi connectivity index (χ0) is 14.1. The molecule has 5 heteroatoms. The molecule has 0 aliphatic heterocycles. The first-order valence-electron chi connectivity index (χ1n) is 6.05. The number of aryl methyl sites for hydroxylation is 1. The number of aldehydes is 1. The highest BCUT2D eigenvalue weighted by Gasteiger charge is 2.10. The van der Waals surface area contributed by atoms with E-state index < -0.39 is 0 Å². The topological polar surface area (TPSA) is 45.8 Å². The van der Waals surface area contributed by atoms with Gasteiger partial charge in [0.15, 0.2) is 11.4 Å². The predicted molar refractivity (Wildman–Crippen MR) is 81.8 cm³/mol. The molecule has 2 aromatic carbocycles. The van der Waals surface area contributed by atoms with Crippen molar-refractivity contribution < 1.29 is 4.79 Å². The van der Waals surface area contributed by atoms with Crippen LogP contribution in [0.15, 0.2) is 46.5 Å². The first-order valence-corrected chi connectivity index (χ1v) is 7.25. The number of H-pyrrole nitrogens is 1. The van der Waals surface area contributed by atoms with Crippen LogP contribution in [0.25, 0.3) is 11.0 Å². The second kappa shape index (κ2) is 5.31. The molecule has 0 saturated carbocycles. The van der Waals surface area contributed by atoms with E-state index in [2.05, 4.69) is 9.97 Å². The van der Waals surface area contributed by atoms with Gasteiger partial charge in [-0.2, -0.15) is 0 Å². The average Bonchev–Trinajstić information content (AvgIpc) is 2.80. The van der Waals surface area contributed by atoms with Gasteiger partial charge in [-0.15, -0.1) is 0 Å². The number of halogens is 1. The van der Waals surface area contributed by atoms with Crippen molar-refractivity contribution in [2.45, 2.75) is 17.0 Å².